The Kier molecular flexibility index (Phi) is 9.04. The molecule has 0 aliphatic rings. The molecule has 0 saturated carbocycles. The van der Waals surface area contributed by atoms with Crippen molar-refractivity contribution in [2.24, 2.45) is 0 Å². The summed E-state index contributed by atoms with van der Waals surface area (Å²) in [5, 5.41) is 4.27. The summed E-state index contributed by atoms with van der Waals surface area (Å²) in [4.78, 5) is 12.1. The second kappa shape index (κ2) is 11.0. The van der Waals surface area contributed by atoms with E-state index in [0.717, 1.165) is 22.8 Å². The van der Waals surface area contributed by atoms with Crippen molar-refractivity contribution >= 4 is 52.6 Å². The van der Waals surface area contributed by atoms with Crippen LogP contribution in [0.15, 0.2) is 48.5 Å². The summed E-state index contributed by atoms with van der Waals surface area (Å²) in [6.07, 6.45) is 0. The molecule has 2 rings (SSSR count). The first-order valence-electron chi connectivity index (χ1n) is 8.01. The lowest BCUT2D eigenvalue weighted by Crippen LogP contribution is -2.32. The smallest absolute Gasteiger partial charge is 0.232 e. The van der Waals surface area contributed by atoms with E-state index in [1.54, 1.807) is 29.6 Å². The molecule has 0 aliphatic heterocycles. The number of thioether (sulfide) groups is 2. The van der Waals surface area contributed by atoms with Gasteiger partial charge in [0, 0.05) is 33.8 Å². The van der Waals surface area contributed by atoms with Crippen LogP contribution in [0.2, 0.25) is 10.0 Å². The molecule has 2 nitrogen and oxygen atoms in total. The molecule has 2 aromatic carbocycles. The predicted octanol–water partition coefficient (Wildman–Crippen LogP) is 5.66. The molecule has 1 atom stereocenters. The number of carbonyl (C=O) groups is 1. The molecule has 0 saturated heterocycles. The number of benzene rings is 2. The van der Waals surface area contributed by atoms with Gasteiger partial charge in [0.15, 0.2) is 0 Å². The third-order valence-electron chi connectivity index (χ3n) is 3.53. The standard InChI is InChI=1S/C19H21Cl2NOS2/c1-14(25-12-15-5-3-2-4-6-15)19(23)22-9-10-24-13-16-7-8-17(20)11-18(16)21/h2-8,11,14H,9-10,12-13H2,1H3,(H,22,23)/t14-/m1/s1. The summed E-state index contributed by atoms with van der Waals surface area (Å²) in [5.41, 5.74) is 2.30. The molecule has 2 aromatic rings. The Bertz CT molecular complexity index is 682. The zero-order chi connectivity index (χ0) is 18.1. The van der Waals surface area contributed by atoms with Gasteiger partial charge in [0.1, 0.15) is 0 Å². The Morgan fingerprint density at radius 1 is 1.12 bits per heavy atom. The highest BCUT2D eigenvalue weighted by Gasteiger charge is 2.12. The van der Waals surface area contributed by atoms with E-state index in [1.807, 2.05) is 37.3 Å². The maximum absolute atomic E-state index is 12.1. The molecule has 134 valence electrons. The van der Waals surface area contributed by atoms with E-state index in [4.69, 9.17) is 23.2 Å². The number of amides is 1. The van der Waals surface area contributed by atoms with Gasteiger partial charge in [-0.3, -0.25) is 4.79 Å². The fourth-order valence-electron chi connectivity index (χ4n) is 2.08. The van der Waals surface area contributed by atoms with E-state index in [1.165, 1.54) is 5.56 Å². The van der Waals surface area contributed by atoms with Crippen molar-refractivity contribution in [2.45, 2.75) is 23.7 Å². The molecule has 0 aliphatic carbocycles. The molecule has 0 fully saturated rings. The molecule has 0 bridgehead atoms. The summed E-state index contributed by atoms with van der Waals surface area (Å²) in [5.74, 6) is 2.59. The van der Waals surface area contributed by atoms with Gasteiger partial charge < -0.3 is 5.32 Å². The van der Waals surface area contributed by atoms with Crippen molar-refractivity contribution in [3.05, 3.63) is 69.7 Å². The Morgan fingerprint density at radius 2 is 1.88 bits per heavy atom. The fourth-order valence-corrected chi connectivity index (χ4v) is 4.37. The van der Waals surface area contributed by atoms with Crippen LogP contribution in [-0.2, 0) is 16.3 Å². The van der Waals surface area contributed by atoms with Crippen molar-refractivity contribution in [3.63, 3.8) is 0 Å². The monoisotopic (exact) mass is 413 g/mol. The van der Waals surface area contributed by atoms with Gasteiger partial charge in [0.05, 0.1) is 5.25 Å². The van der Waals surface area contributed by atoms with Crippen LogP contribution < -0.4 is 5.32 Å². The molecule has 0 heterocycles. The van der Waals surface area contributed by atoms with Crippen LogP contribution >= 0.6 is 46.7 Å². The van der Waals surface area contributed by atoms with Crippen LogP contribution in [0.5, 0.6) is 0 Å². The minimum absolute atomic E-state index is 0.0593. The molecular formula is C19H21Cl2NOS2. The van der Waals surface area contributed by atoms with Crippen molar-refractivity contribution in [3.8, 4) is 0 Å². The summed E-state index contributed by atoms with van der Waals surface area (Å²) < 4.78 is 0. The number of hydrogen-bond donors (Lipinski definition) is 1. The van der Waals surface area contributed by atoms with E-state index in [0.29, 0.717) is 16.6 Å². The van der Waals surface area contributed by atoms with Gasteiger partial charge in [-0.1, -0.05) is 59.6 Å². The van der Waals surface area contributed by atoms with Crippen LogP contribution in [0.25, 0.3) is 0 Å². The second-order valence-electron chi connectivity index (χ2n) is 5.52. The van der Waals surface area contributed by atoms with Gasteiger partial charge >= 0.3 is 0 Å². The highest BCUT2D eigenvalue weighted by Crippen LogP contribution is 2.24. The van der Waals surface area contributed by atoms with E-state index >= 15 is 0 Å². The van der Waals surface area contributed by atoms with Crippen molar-refractivity contribution in [1.82, 2.24) is 5.32 Å². The van der Waals surface area contributed by atoms with Crippen LogP contribution in [0.1, 0.15) is 18.1 Å². The molecule has 1 N–H and O–H groups in total. The minimum Gasteiger partial charge on any atom is -0.354 e. The Hall–Kier alpha value is -0.810. The van der Waals surface area contributed by atoms with Crippen LogP contribution in [0.4, 0.5) is 0 Å². The molecule has 0 aromatic heterocycles. The lowest BCUT2D eigenvalue weighted by Gasteiger charge is -2.12. The molecule has 0 unspecified atom stereocenters. The average Bonchev–Trinajstić information content (AvgIpc) is 2.61. The number of carbonyl (C=O) groups excluding carboxylic acids is 1. The lowest BCUT2D eigenvalue weighted by atomic mass is 10.2. The third kappa shape index (κ3) is 7.53. The van der Waals surface area contributed by atoms with Crippen molar-refractivity contribution in [1.29, 1.82) is 0 Å². The average molecular weight is 414 g/mol. The molecule has 25 heavy (non-hydrogen) atoms. The topological polar surface area (TPSA) is 29.1 Å². The van der Waals surface area contributed by atoms with Gasteiger partial charge in [0.2, 0.25) is 5.91 Å². The highest BCUT2D eigenvalue weighted by molar-refractivity contribution is 7.99. The van der Waals surface area contributed by atoms with Crippen molar-refractivity contribution < 1.29 is 4.79 Å². The molecular weight excluding hydrogens is 393 g/mol. The molecule has 6 heteroatoms. The zero-order valence-corrected chi connectivity index (χ0v) is 17.2. The van der Waals surface area contributed by atoms with E-state index in [2.05, 4.69) is 17.4 Å². The second-order valence-corrected chi connectivity index (χ2v) is 8.80. The zero-order valence-electron chi connectivity index (χ0n) is 14.0. The first kappa shape index (κ1) is 20.5. The first-order chi connectivity index (χ1) is 12.1. The van der Waals surface area contributed by atoms with Crippen LogP contribution in [0.3, 0.4) is 0 Å². The van der Waals surface area contributed by atoms with Gasteiger partial charge in [-0.25, -0.2) is 0 Å². The summed E-state index contributed by atoms with van der Waals surface area (Å²) in [7, 11) is 0. The predicted molar refractivity (Wildman–Crippen MR) is 113 cm³/mol. The summed E-state index contributed by atoms with van der Waals surface area (Å²) >= 11 is 15.4. The largest absolute Gasteiger partial charge is 0.354 e. The highest BCUT2D eigenvalue weighted by atomic mass is 35.5. The number of nitrogens with one attached hydrogen (secondary N) is 1. The Morgan fingerprint density at radius 3 is 2.60 bits per heavy atom. The normalized spacial score (nSPS) is 12.0. The minimum atomic E-state index is -0.0593. The maximum Gasteiger partial charge on any atom is 0.232 e. The first-order valence-corrected chi connectivity index (χ1v) is 11.0. The quantitative estimate of drug-likeness (QED) is 0.537. The van der Waals surface area contributed by atoms with E-state index in [-0.39, 0.29) is 11.2 Å². The number of halogens is 2. The third-order valence-corrected chi connectivity index (χ3v) is 6.34. The van der Waals surface area contributed by atoms with Gasteiger partial charge in [-0.15, -0.1) is 11.8 Å². The molecule has 0 radical (unpaired) electrons. The molecule has 1 amide bonds. The van der Waals surface area contributed by atoms with E-state index in [9.17, 15) is 4.79 Å². The lowest BCUT2D eigenvalue weighted by molar-refractivity contribution is -0.120. The van der Waals surface area contributed by atoms with Crippen LogP contribution in [-0.4, -0.2) is 23.5 Å². The van der Waals surface area contributed by atoms with Crippen LogP contribution in [0, 0.1) is 0 Å². The fraction of sp³-hybridized carbons (Fsp3) is 0.316. The SMILES string of the molecule is C[C@@H](SCc1ccccc1)C(=O)NCCSCc1ccc(Cl)cc1Cl. The Balaban J connectivity index is 1.61. The Labute approximate surface area is 168 Å². The van der Waals surface area contributed by atoms with Gasteiger partial charge in [-0.05, 0) is 30.2 Å². The molecule has 0 spiro atoms. The number of hydrogen-bond acceptors (Lipinski definition) is 3. The van der Waals surface area contributed by atoms with Gasteiger partial charge in [0.25, 0.3) is 0 Å². The van der Waals surface area contributed by atoms with Gasteiger partial charge in [-0.2, -0.15) is 11.8 Å². The summed E-state index contributed by atoms with van der Waals surface area (Å²) in [6, 6.07) is 15.7. The maximum atomic E-state index is 12.1. The summed E-state index contributed by atoms with van der Waals surface area (Å²) in [6.45, 7) is 2.61. The number of rotatable bonds is 9. The van der Waals surface area contributed by atoms with E-state index < -0.39 is 0 Å². The van der Waals surface area contributed by atoms with Crippen molar-refractivity contribution in [2.75, 3.05) is 12.3 Å².